The number of tetrazole rings is 1. The highest BCUT2D eigenvalue weighted by atomic mass is 15.5. The summed E-state index contributed by atoms with van der Waals surface area (Å²) in [5.41, 5.74) is 7.16. The first-order valence-electron chi connectivity index (χ1n) is 8.04. The molecule has 0 bridgehead atoms. The maximum absolute atomic E-state index is 5.57. The van der Waals surface area contributed by atoms with Gasteiger partial charge in [0.15, 0.2) is 5.84 Å². The molecule has 0 aliphatic heterocycles. The predicted molar refractivity (Wildman–Crippen MR) is 98.0 cm³/mol. The Labute approximate surface area is 150 Å². The zero-order valence-corrected chi connectivity index (χ0v) is 14.6. The fraction of sp³-hybridized carbons (Fsp3) is 0.250. The van der Waals surface area contributed by atoms with Gasteiger partial charge in [0, 0.05) is 6.04 Å². The normalized spacial score (nSPS) is 13.4. The van der Waals surface area contributed by atoms with Gasteiger partial charge in [0.25, 0.3) is 0 Å². The van der Waals surface area contributed by atoms with Crippen LogP contribution in [0.15, 0.2) is 53.9 Å². The van der Waals surface area contributed by atoms with Crippen molar-refractivity contribution in [1.29, 1.82) is 0 Å². The molecule has 0 unspecified atom stereocenters. The lowest BCUT2D eigenvalue weighted by atomic mass is 10.3. The summed E-state index contributed by atoms with van der Waals surface area (Å²) in [5, 5.41) is 22.9. The molecule has 3 N–H and O–H groups in total. The van der Waals surface area contributed by atoms with E-state index in [0.29, 0.717) is 18.2 Å². The number of nitrogens with zero attached hydrogens (tertiary/aromatic N) is 8. The first-order valence-corrected chi connectivity index (χ1v) is 8.04. The number of aryl methyl sites for hydroxylation is 1. The van der Waals surface area contributed by atoms with Crippen molar-refractivity contribution in [3.05, 3.63) is 54.8 Å². The van der Waals surface area contributed by atoms with Gasteiger partial charge < -0.3 is 11.1 Å². The van der Waals surface area contributed by atoms with Crippen LogP contribution in [-0.2, 0) is 6.54 Å². The highest BCUT2D eigenvalue weighted by Crippen LogP contribution is 2.10. The number of nitrogens with one attached hydrogen (secondary N) is 1. The minimum atomic E-state index is 0.0176. The summed E-state index contributed by atoms with van der Waals surface area (Å²) in [6.45, 7) is 8.39. The van der Waals surface area contributed by atoms with Gasteiger partial charge in [-0.25, -0.2) is 9.67 Å². The Balaban J connectivity index is 1.78. The summed E-state index contributed by atoms with van der Waals surface area (Å²) in [6.07, 6.45) is 3.04. The molecule has 10 nitrogen and oxygen atoms in total. The molecule has 0 saturated heterocycles. The second kappa shape index (κ2) is 7.55. The fourth-order valence-electron chi connectivity index (χ4n) is 2.46. The number of hydrogen-bond donors (Lipinski definition) is 2. The van der Waals surface area contributed by atoms with E-state index in [-0.39, 0.29) is 6.04 Å². The highest BCUT2D eigenvalue weighted by molar-refractivity contribution is 5.99. The smallest absolute Gasteiger partial charge is 0.159 e. The van der Waals surface area contributed by atoms with Crippen LogP contribution in [0.25, 0.3) is 11.0 Å². The van der Waals surface area contributed by atoms with E-state index in [9.17, 15) is 0 Å². The van der Waals surface area contributed by atoms with Crippen LogP contribution >= 0.6 is 0 Å². The summed E-state index contributed by atoms with van der Waals surface area (Å²) in [5.74, 6) is 1.72. The lowest BCUT2D eigenvalue weighted by Crippen LogP contribution is -2.30. The van der Waals surface area contributed by atoms with Gasteiger partial charge in [-0.3, -0.25) is 0 Å². The van der Waals surface area contributed by atoms with Crippen LogP contribution in [0.3, 0.4) is 0 Å². The van der Waals surface area contributed by atoms with Gasteiger partial charge in [0.2, 0.25) is 0 Å². The standard InChI is InChI=1S/C16H20N10/c1-11(10-25-13(3)20-22-24-25)18-12(2)19-16(8-9-17)26-15-7-5-4-6-14(15)21-23-26/h4-9,11,18H,2,10,17H2,1,3H3/b9-8-,19-16?/t11-/m1/s1. The van der Waals surface area contributed by atoms with Gasteiger partial charge in [-0.05, 0) is 48.7 Å². The molecule has 1 atom stereocenters. The molecule has 10 heteroatoms. The Morgan fingerprint density at radius 1 is 1.35 bits per heavy atom. The van der Waals surface area contributed by atoms with E-state index in [2.05, 4.69) is 42.7 Å². The van der Waals surface area contributed by atoms with Crippen molar-refractivity contribution in [1.82, 2.24) is 40.5 Å². The molecule has 2 aromatic heterocycles. The van der Waals surface area contributed by atoms with Crippen LogP contribution < -0.4 is 11.1 Å². The average Bonchev–Trinajstić information content (AvgIpc) is 3.21. The zero-order valence-electron chi connectivity index (χ0n) is 14.6. The van der Waals surface area contributed by atoms with E-state index < -0.39 is 0 Å². The first-order chi connectivity index (χ1) is 12.6. The van der Waals surface area contributed by atoms with Crippen LogP contribution in [0, 0.1) is 6.92 Å². The Morgan fingerprint density at radius 2 is 2.15 bits per heavy atom. The summed E-state index contributed by atoms with van der Waals surface area (Å²) in [7, 11) is 0. The van der Waals surface area contributed by atoms with E-state index in [4.69, 9.17) is 5.73 Å². The zero-order chi connectivity index (χ0) is 18.5. The molecule has 1 aromatic carbocycles. The van der Waals surface area contributed by atoms with Crippen molar-refractivity contribution >= 4 is 16.9 Å². The Bertz CT molecular complexity index is 964. The predicted octanol–water partition coefficient (Wildman–Crippen LogP) is 0.595. The van der Waals surface area contributed by atoms with Crippen molar-refractivity contribution < 1.29 is 0 Å². The van der Waals surface area contributed by atoms with E-state index in [0.717, 1.165) is 16.9 Å². The summed E-state index contributed by atoms with van der Waals surface area (Å²) >= 11 is 0. The number of nitrogens with two attached hydrogens (primary N) is 1. The molecule has 0 fully saturated rings. The molecule has 3 rings (SSSR count). The van der Waals surface area contributed by atoms with Crippen LogP contribution in [0.2, 0.25) is 0 Å². The topological polar surface area (TPSA) is 125 Å². The second-order valence-corrected chi connectivity index (χ2v) is 5.72. The molecule has 2 heterocycles. The third-order valence-corrected chi connectivity index (χ3v) is 3.63. The molecule has 3 aromatic rings. The molecule has 26 heavy (non-hydrogen) atoms. The van der Waals surface area contributed by atoms with Gasteiger partial charge in [-0.2, -0.15) is 4.68 Å². The van der Waals surface area contributed by atoms with Gasteiger partial charge in [-0.15, -0.1) is 10.2 Å². The number of aliphatic imine (C=N–C) groups is 1. The van der Waals surface area contributed by atoms with E-state index >= 15 is 0 Å². The SMILES string of the molecule is C=C(N=C(/C=C\N)n1nnc2ccccc21)N[C@H](C)Cn1nnnc1C. The van der Waals surface area contributed by atoms with E-state index in [1.165, 1.54) is 6.20 Å². The quantitative estimate of drug-likeness (QED) is 0.491. The minimum Gasteiger partial charge on any atom is -0.404 e. The maximum atomic E-state index is 5.57. The fourth-order valence-corrected chi connectivity index (χ4v) is 2.46. The Hall–Kier alpha value is -3.56. The van der Waals surface area contributed by atoms with Crippen molar-refractivity contribution in [2.45, 2.75) is 26.4 Å². The molecule has 134 valence electrons. The van der Waals surface area contributed by atoms with Gasteiger partial charge in [0.1, 0.15) is 17.2 Å². The highest BCUT2D eigenvalue weighted by Gasteiger charge is 2.10. The Morgan fingerprint density at radius 3 is 2.88 bits per heavy atom. The van der Waals surface area contributed by atoms with Crippen molar-refractivity contribution in [2.75, 3.05) is 0 Å². The van der Waals surface area contributed by atoms with Crippen molar-refractivity contribution in [3.8, 4) is 0 Å². The van der Waals surface area contributed by atoms with Crippen LogP contribution in [-0.4, -0.2) is 47.1 Å². The van der Waals surface area contributed by atoms with E-state index in [1.807, 2.05) is 38.1 Å². The number of benzene rings is 1. The Kier molecular flexibility index (Phi) is 5.02. The number of hydrogen-bond acceptors (Lipinski definition) is 8. The molecular formula is C16H20N10. The lowest BCUT2D eigenvalue weighted by molar-refractivity contribution is 0.466. The number of allylic oxidation sites excluding steroid dienone is 1. The molecule has 0 saturated carbocycles. The van der Waals surface area contributed by atoms with Gasteiger partial charge in [0.05, 0.1) is 12.1 Å². The van der Waals surface area contributed by atoms with E-state index in [1.54, 1.807) is 15.4 Å². The lowest BCUT2D eigenvalue weighted by Gasteiger charge is -2.15. The van der Waals surface area contributed by atoms with Crippen LogP contribution in [0.1, 0.15) is 12.7 Å². The monoisotopic (exact) mass is 352 g/mol. The van der Waals surface area contributed by atoms with Crippen LogP contribution in [0.5, 0.6) is 0 Å². The van der Waals surface area contributed by atoms with Crippen LogP contribution in [0.4, 0.5) is 0 Å². The maximum Gasteiger partial charge on any atom is 0.159 e. The van der Waals surface area contributed by atoms with Gasteiger partial charge >= 0.3 is 0 Å². The molecule has 0 aliphatic rings. The summed E-state index contributed by atoms with van der Waals surface area (Å²) < 4.78 is 3.32. The summed E-state index contributed by atoms with van der Waals surface area (Å²) in [4.78, 5) is 4.49. The number of rotatable bonds is 6. The molecule has 0 radical (unpaired) electrons. The first kappa shape index (κ1) is 17.3. The third-order valence-electron chi connectivity index (χ3n) is 3.63. The molecular weight excluding hydrogens is 332 g/mol. The number of aromatic nitrogens is 7. The average molecular weight is 352 g/mol. The molecule has 0 aliphatic carbocycles. The number of fused-ring (bicyclic) bond motifs is 1. The van der Waals surface area contributed by atoms with Crippen molar-refractivity contribution in [2.24, 2.45) is 10.7 Å². The second-order valence-electron chi connectivity index (χ2n) is 5.72. The van der Waals surface area contributed by atoms with Crippen molar-refractivity contribution in [3.63, 3.8) is 0 Å². The third kappa shape index (κ3) is 3.74. The van der Waals surface area contributed by atoms with Gasteiger partial charge in [-0.1, -0.05) is 23.9 Å². The molecule has 0 spiro atoms. The minimum absolute atomic E-state index is 0.0176. The molecule has 0 amide bonds. The largest absolute Gasteiger partial charge is 0.404 e. The number of para-hydroxylation sites is 1. The summed E-state index contributed by atoms with van der Waals surface area (Å²) in [6, 6.07) is 7.63.